The largest absolute Gasteiger partial charge is 0.366 e. The second-order valence-corrected chi connectivity index (χ2v) is 5.76. The predicted molar refractivity (Wildman–Crippen MR) is 71.2 cm³/mol. The highest BCUT2D eigenvalue weighted by molar-refractivity contribution is 5.87. The van der Waals surface area contributed by atoms with Crippen LogP contribution >= 0.6 is 0 Å². The Hall–Kier alpha value is -1.10. The molecule has 0 spiro atoms. The third-order valence-electron chi connectivity index (χ3n) is 2.24. The molecule has 5 nitrogen and oxygen atoms in total. The molecule has 0 saturated carbocycles. The fourth-order valence-corrected chi connectivity index (χ4v) is 1.40. The van der Waals surface area contributed by atoms with Crippen molar-refractivity contribution in [3.05, 3.63) is 0 Å². The number of nitrogens with one attached hydrogen (secondary N) is 2. The average molecular weight is 258 g/mol. The SMILES string of the molecule is CNC(=O)C(CC(C)C)NC(=O)COC(C)(C)C. The molecular weight excluding hydrogens is 232 g/mol. The van der Waals surface area contributed by atoms with Gasteiger partial charge in [0.25, 0.3) is 0 Å². The van der Waals surface area contributed by atoms with E-state index in [1.165, 1.54) is 0 Å². The summed E-state index contributed by atoms with van der Waals surface area (Å²) < 4.78 is 5.37. The summed E-state index contributed by atoms with van der Waals surface area (Å²) in [5, 5.41) is 5.25. The summed E-state index contributed by atoms with van der Waals surface area (Å²) in [5.74, 6) is -0.108. The van der Waals surface area contributed by atoms with Crippen LogP contribution in [0.3, 0.4) is 0 Å². The molecule has 1 atom stereocenters. The summed E-state index contributed by atoms with van der Waals surface area (Å²) in [6.07, 6.45) is 0.612. The van der Waals surface area contributed by atoms with E-state index in [0.717, 1.165) is 0 Å². The van der Waals surface area contributed by atoms with Gasteiger partial charge in [0.2, 0.25) is 11.8 Å². The first-order valence-electron chi connectivity index (χ1n) is 6.30. The van der Waals surface area contributed by atoms with Crippen LogP contribution in [-0.2, 0) is 14.3 Å². The van der Waals surface area contributed by atoms with Crippen molar-refractivity contribution in [3.63, 3.8) is 0 Å². The highest BCUT2D eigenvalue weighted by Gasteiger charge is 2.21. The highest BCUT2D eigenvalue weighted by Crippen LogP contribution is 2.07. The number of likely N-dealkylation sites (N-methyl/N-ethyl adjacent to an activating group) is 1. The lowest BCUT2D eigenvalue weighted by Crippen LogP contribution is -2.48. The topological polar surface area (TPSA) is 67.4 Å². The second kappa shape index (κ2) is 7.36. The molecule has 1 unspecified atom stereocenters. The maximum absolute atomic E-state index is 11.7. The van der Waals surface area contributed by atoms with Crippen LogP contribution in [0.4, 0.5) is 0 Å². The van der Waals surface area contributed by atoms with Gasteiger partial charge < -0.3 is 15.4 Å². The van der Waals surface area contributed by atoms with Crippen molar-refractivity contribution in [1.29, 1.82) is 0 Å². The molecule has 5 heteroatoms. The van der Waals surface area contributed by atoms with Gasteiger partial charge in [-0.2, -0.15) is 0 Å². The molecule has 0 radical (unpaired) electrons. The van der Waals surface area contributed by atoms with E-state index in [4.69, 9.17) is 4.74 Å². The lowest BCUT2D eigenvalue weighted by Gasteiger charge is -2.22. The van der Waals surface area contributed by atoms with Gasteiger partial charge in [-0.25, -0.2) is 0 Å². The zero-order valence-corrected chi connectivity index (χ0v) is 12.3. The van der Waals surface area contributed by atoms with Crippen LogP contribution in [0.15, 0.2) is 0 Å². The molecule has 0 aliphatic carbocycles. The molecule has 2 N–H and O–H groups in total. The summed E-state index contributed by atoms with van der Waals surface area (Å²) in [6.45, 7) is 9.62. The Labute approximate surface area is 110 Å². The van der Waals surface area contributed by atoms with E-state index in [1.807, 2.05) is 34.6 Å². The van der Waals surface area contributed by atoms with Crippen LogP contribution in [0.5, 0.6) is 0 Å². The monoisotopic (exact) mass is 258 g/mol. The van der Waals surface area contributed by atoms with Gasteiger partial charge in [0.1, 0.15) is 12.6 Å². The molecule has 106 valence electrons. The van der Waals surface area contributed by atoms with E-state index >= 15 is 0 Å². The molecule has 0 fully saturated rings. The first-order chi connectivity index (χ1) is 8.15. The summed E-state index contributed by atoms with van der Waals surface area (Å²) in [5.41, 5.74) is -0.363. The number of ether oxygens (including phenoxy) is 1. The van der Waals surface area contributed by atoms with Crippen molar-refractivity contribution < 1.29 is 14.3 Å². The molecule has 0 saturated heterocycles. The van der Waals surface area contributed by atoms with Crippen LogP contribution < -0.4 is 10.6 Å². The highest BCUT2D eigenvalue weighted by atomic mass is 16.5. The zero-order chi connectivity index (χ0) is 14.3. The summed E-state index contributed by atoms with van der Waals surface area (Å²) in [7, 11) is 1.56. The molecule has 0 aliphatic rings. The Kier molecular flexibility index (Phi) is 6.91. The van der Waals surface area contributed by atoms with Crippen LogP contribution in [0, 0.1) is 5.92 Å². The zero-order valence-electron chi connectivity index (χ0n) is 12.3. The van der Waals surface area contributed by atoms with Gasteiger partial charge in [0, 0.05) is 7.05 Å². The first-order valence-corrected chi connectivity index (χ1v) is 6.30. The Balaban J connectivity index is 4.31. The van der Waals surface area contributed by atoms with Crippen molar-refractivity contribution in [2.24, 2.45) is 5.92 Å². The maximum atomic E-state index is 11.7. The van der Waals surface area contributed by atoms with Gasteiger partial charge in [0.15, 0.2) is 0 Å². The smallest absolute Gasteiger partial charge is 0.246 e. The van der Waals surface area contributed by atoms with Crippen molar-refractivity contribution in [1.82, 2.24) is 10.6 Å². The van der Waals surface area contributed by atoms with E-state index < -0.39 is 6.04 Å². The Bertz CT molecular complexity index is 282. The van der Waals surface area contributed by atoms with Gasteiger partial charge in [-0.05, 0) is 33.1 Å². The van der Waals surface area contributed by atoms with Crippen LogP contribution in [-0.4, -0.2) is 37.1 Å². The average Bonchev–Trinajstić information content (AvgIpc) is 2.22. The summed E-state index contributed by atoms with van der Waals surface area (Å²) in [6, 6.07) is -0.494. The predicted octanol–water partition coefficient (Wildman–Crippen LogP) is 1.08. The number of hydrogen-bond donors (Lipinski definition) is 2. The third-order valence-corrected chi connectivity index (χ3v) is 2.24. The van der Waals surface area contributed by atoms with Gasteiger partial charge in [-0.3, -0.25) is 9.59 Å². The molecule has 0 heterocycles. The lowest BCUT2D eigenvalue weighted by molar-refractivity contribution is -0.134. The van der Waals surface area contributed by atoms with Crippen molar-refractivity contribution in [2.75, 3.05) is 13.7 Å². The number of rotatable bonds is 6. The van der Waals surface area contributed by atoms with Crippen LogP contribution in [0.1, 0.15) is 41.0 Å². The van der Waals surface area contributed by atoms with Crippen molar-refractivity contribution in [3.8, 4) is 0 Å². The third kappa shape index (κ3) is 8.06. The molecular formula is C13H26N2O3. The standard InChI is InChI=1S/C13H26N2O3/c1-9(2)7-10(12(17)14-6)15-11(16)8-18-13(3,4)5/h9-10H,7-8H2,1-6H3,(H,14,17)(H,15,16). The molecule has 0 bridgehead atoms. The molecule has 2 amide bonds. The summed E-state index contributed by atoms with van der Waals surface area (Å²) in [4.78, 5) is 23.3. The maximum Gasteiger partial charge on any atom is 0.246 e. The van der Waals surface area contributed by atoms with Crippen LogP contribution in [0.25, 0.3) is 0 Å². The molecule has 0 aromatic rings. The quantitative estimate of drug-likeness (QED) is 0.749. The molecule has 0 aliphatic heterocycles. The van der Waals surface area contributed by atoms with Gasteiger partial charge >= 0.3 is 0 Å². The number of carbonyl (C=O) groups is 2. The molecule has 0 aromatic heterocycles. The van der Waals surface area contributed by atoms with E-state index in [1.54, 1.807) is 7.05 Å². The van der Waals surface area contributed by atoms with E-state index in [2.05, 4.69) is 10.6 Å². The molecule has 18 heavy (non-hydrogen) atoms. The lowest BCUT2D eigenvalue weighted by atomic mass is 10.0. The Morgan fingerprint density at radius 2 is 1.78 bits per heavy atom. The van der Waals surface area contributed by atoms with Crippen molar-refractivity contribution >= 4 is 11.8 Å². The fourth-order valence-electron chi connectivity index (χ4n) is 1.40. The van der Waals surface area contributed by atoms with Crippen molar-refractivity contribution in [2.45, 2.75) is 52.7 Å². The minimum Gasteiger partial charge on any atom is -0.366 e. The normalized spacial score (nSPS) is 13.3. The number of carbonyl (C=O) groups excluding carboxylic acids is 2. The van der Waals surface area contributed by atoms with E-state index in [9.17, 15) is 9.59 Å². The van der Waals surface area contributed by atoms with Crippen LogP contribution in [0.2, 0.25) is 0 Å². The fraction of sp³-hybridized carbons (Fsp3) is 0.846. The van der Waals surface area contributed by atoms with Gasteiger partial charge in [0.05, 0.1) is 5.60 Å². The summed E-state index contributed by atoms with van der Waals surface area (Å²) >= 11 is 0. The van der Waals surface area contributed by atoms with Gasteiger partial charge in [-0.1, -0.05) is 13.8 Å². The molecule has 0 rings (SSSR count). The Morgan fingerprint density at radius 3 is 2.17 bits per heavy atom. The minimum absolute atomic E-state index is 0.0326. The molecule has 0 aromatic carbocycles. The minimum atomic E-state index is -0.494. The second-order valence-electron chi connectivity index (χ2n) is 5.76. The van der Waals surface area contributed by atoms with E-state index in [0.29, 0.717) is 12.3 Å². The van der Waals surface area contributed by atoms with E-state index in [-0.39, 0.29) is 24.0 Å². The number of amides is 2. The first kappa shape index (κ1) is 16.9. The Morgan fingerprint density at radius 1 is 1.22 bits per heavy atom. The van der Waals surface area contributed by atoms with Gasteiger partial charge in [-0.15, -0.1) is 0 Å². The number of hydrogen-bond acceptors (Lipinski definition) is 3.